The van der Waals surface area contributed by atoms with Gasteiger partial charge in [-0.15, -0.1) is 16.4 Å². The standard InChI is InChI=1S/C30H34N6O2S/c1-5-30(3,4)36-28(32-33-34-36)27(25-18-22-17-23(38-6-2)14-15-26(22)31-29(25)37)35(20-24-13-10-16-39-24)19-21-11-8-7-9-12-21/h7-18,27H,5-6,19-20H2,1-4H3,(H,31,37)/t27-/m1/s1. The number of nitrogens with one attached hydrogen (secondary N) is 1. The largest absolute Gasteiger partial charge is 0.494 e. The number of rotatable bonds is 11. The van der Waals surface area contributed by atoms with Gasteiger partial charge in [-0.1, -0.05) is 43.3 Å². The van der Waals surface area contributed by atoms with Crippen LogP contribution >= 0.6 is 11.3 Å². The summed E-state index contributed by atoms with van der Waals surface area (Å²) in [5.41, 5.74) is 1.98. The Hall–Kier alpha value is -3.82. The summed E-state index contributed by atoms with van der Waals surface area (Å²) >= 11 is 1.70. The highest BCUT2D eigenvalue weighted by Crippen LogP contribution is 2.33. The first-order valence-corrected chi connectivity index (χ1v) is 14.2. The lowest BCUT2D eigenvalue weighted by atomic mass is 9.98. The van der Waals surface area contributed by atoms with E-state index in [2.05, 4.69) is 75.8 Å². The van der Waals surface area contributed by atoms with Crippen LogP contribution in [0.4, 0.5) is 0 Å². The summed E-state index contributed by atoms with van der Waals surface area (Å²) in [6, 6.07) is 21.7. The maximum Gasteiger partial charge on any atom is 0.253 e. The molecule has 202 valence electrons. The maximum atomic E-state index is 13.8. The van der Waals surface area contributed by atoms with E-state index in [1.54, 1.807) is 11.3 Å². The monoisotopic (exact) mass is 542 g/mol. The summed E-state index contributed by atoms with van der Waals surface area (Å²) in [4.78, 5) is 20.4. The minimum absolute atomic E-state index is 0.162. The fourth-order valence-corrected chi connectivity index (χ4v) is 5.49. The SMILES string of the molecule is CCOc1ccc2[nH]c(=O)c([C@H](c3nnnn3C(C)(C)CC)N(Cc3ccccc3)Cc3cccs3)cc2c1. The number of pyridine rings is 1. The van der Waals surface area contributed by atoms with E-state index in [0.717, 1.165) is 28.6 Å². The molecule has 0 aliphatic heterocycles. The first-order chi connectivity index (χ1) is 18.9. The van der Waals surface area contributed by atoms with Crippen LogP contribution in [0.15, 0.2) is 76.9 Å². The average Bonchev–Trinajstić information content (AvgIpc) is 3.63. The number of ether oxygens (including phenoxy) is 1. The molecule has 2 aromatic carbocycles. The molecule has 5 aromatic rings. The number of nitrogens with zero attached hydrogens (tertiary/aromatic N) is 5. The first kappa shape index (κ1) is 26.8. The zero-order valence-corrected chi connectivity index (χ0v) is 23.6. The fraction of sp³-hybridized carbons (Fsp3) is 0.333. The summed E-state index contributed by atoms with van der Waals surface area (Å²) in [6.45, 7) is 10.1. The molecular formula is C30H34N6O2S. The lowest BCUT2D eigenvalue weighted by Crippen LogP contribution is -2.37. The van der Waals surface area contributed by atoms with Gasteiger partial charge in [-0.2, -0.15) is 0 Å². The predicted molar refractivity (Wildman–Crippen MR) is 155 cm³/mol. The Kier molecular flexibility index (Phi) is 7.90. The van der Waals surface area contributed by atoms with Crippen molar-refractivity contribution in [2.45, 2.75) is 58.8 Å². The molecule has 0 aliphatic carbocycles. The summed E-state index contributed by atoms with van der Waals surface area (Å²) in [6.07, 6.45) is 0.827. The van der Waals surface area contributed by atoms with E-state index in [1.807, 2.05) is 54.1 Å². The van der Waals surface area contributed by atoms with Crippen molar-refractivity contribution in [3.63, 3.8) is 0 Å². The molecule has 1 N–H and O–H groups in total. The van der Waals surface area contributed by atoms with Crippen molar-refractivity contribution in [1.29, 1.82) is 0 Å². The molecule has 3 heterocycles. The molecule has 5 rings (SSSR count). The Bertz CT molecular complexity index is 1580. The third-order valence-electron chi connectivity index (χ3n) is 7.16. The predicted octanol–water partition coefficient (Wildman–Crippen LogP) is 5.91. The van der Waals surface area contributed by atoms with Crippen molar-refractivity contribution in [2.75, 3.05) is 6.61 Å². The van der Waals surface area contributed by atoms with Gasteiger partial charge in [0.2, 0.25) is 0 Å². The van der Waals surface area contributed by atoms with Crippen molar-refractivity contribution in [2.24, 2.45) is 0 Å². The Morgan fingerprint density at radius 3 is 2.59 bits per heavy atom. The van der Waals surface area contributed by atoms with Gasteiger partial charge in [-0.05, 0) is 78.9 Å². The van der Waals surface area contributed by atoms with Crippen molar-refractivity contribution < 1.29 is 4.74 Å². The van der Waals surface area contributed by atoms with Gasteiger partial charge in [-0.25, -0.2) is 4.68 Å². The number of hydrogen-bond donors (Lipinski definition) is 1. The third-order valence-corrected chi connectivity index (χ3v) is 8.02. The van der Waals surface area contributed by atoms with E-state index in [-0.39, 0.29) is 11.1 Å². The molecule has 0 saturated carbocycles. The lowest BCUT2D eigenvalue weighted by Gasteiger charge is -2.33. The van der Waals surface area contributed by atoms with Gasteiger partial charge in [0, 0.05) is 34.4 Å². The molecule has 39 heavy (non-hydrogen) atoms. The number of fused-ring (bicyclic) bond motifs is 1. The Morgan fingerprint density at radius 1 is 1.05 bits per heavy atom. The Balaban J connectivity index is 1.72. The van der Waals surface area contributed by atoms with Crippen LogP contribution in [0.25, 0.3) is 10.9 Å². The van der Waals surface area contributed by atoms with E-state index in [9.17, 15) is 4.79 Å². The number of tetrazole rings is 1. The smallest absolute Gasteiger partial charge is 0.253 e. The van der Waals surface area contributed by atoms with Gasteiger partial charge < -0.3 is 9.72 Å². The van der Waals surface area contributed by atoms with E-state index >= 15 is 0 Å². The summed E-state index contributed by atoms with van der Waals surface area (Å²) < 4.78 is 7.63. The highest BCUT2D eigenvalue weighted by Gasteiger charge is 2.34. The minimum Gasteiger partial charge on any atom is -0.494 e. The molecule has 9 heteroatoms. The van der Waals surface area contributed by atoms with Crippen molar-refractivity contribution in [3.05, 3.63) is 104 Å². The highest BCUT2D eigenvalue weighted by molar-refractivity contribution is 7.09. The molecular weight excluding hydrogens is 508 g/mol. The fourth-order valence-electron chi connectivity index (χ4n) is 4.76. The lowest BCUT2D eigenvalue weighted by molar-refractivity contribution is 0.182. The molecule has 8 nitrogen and oxygen atoms in total. The molecule has 0 saturated heterocycles. The second-order valence-corrected chi connectivity index (χ2v) is 11.3. The van der Waals surface area contributed by atoms with Crippen molar-refractivity contribution >= 4 is 22.2 Å². The van der Waals surface area contributed by atoms with Gasteiger partial charge in [0.25, 0.3) is 5.56 Å². The molecule has 3 aromatic heterocycles. The number of H-pyrrole nitrogens is 1. The van der Waals surface area contributed by atoms with Crippen molar-refractivity contribution in [3.8, 4) is 5.75 Å². The van der Waals surface area contributed by atoms with Crippen LogP contribution in [0, 0.1) is 0 Å². The summed E-state index contributed by atoms with van der Waals surface area (Å²) in [5.74, 6) is 1.40. The van der Waals surface area contributed by atoms with Crippen molar-refractivity contribution in [1.82, 2.24) is 30.1 Å². The second-order valence-electron chi connectivity index (χ2n) is 10.2. The van der Waals surface area contributed by atoms with Crippen LogP contribution in [0.5, 0.6) is 5.75 Å². The zero-order chi connectivity index (χ0) is 27.4. The molecule has 0 spiro atoms. The topological polar surface area (TPSA) is 88.9 Å². The Morgan fingerprint density at radius 2 is 1.87 bits per heavy atom. The highest BCUT2D eigenvalue weighted by atomic mass is 32.1. The van der Waals surface area contributed by atoms with Gasteiger partial charge in [0.05, 0.1) is 12.1 Å². The van der Waals surface area contributed by atoms with Crippen LogP contribution < -0.4 is 10.3 Å². The van der Waals surface area contributed by atoms with Gasteiger partial charge >= 0.3 is 0 Å². The van der Waals surface area contributed by atoms with E-state index in [0.29, 0.717) is 31.1 Å². The molecule has 0 radical (unpaired) electrons. The molecule has 0 bridgehead atoms. The quantitative estimate of drug-likeness (QED) is 0.223. The van der Waals surface area contributed by atoms with Crippen LogP contribution in [-0.2, 0) is 18.6 Å². The van der Waals surface area contributed by atoms with Crippen LogP contribution in [-0.4, -0.2) is 36.7 Å². The third kappa shape index (κ3) is 5.79. The maximum absolute atomic E-state index is 13.8. The summed E-state index contributed by atoms with van der Waals surface area (Å²) in [7, 11) is 0. The summed E-state index contributed by atoms with van der Waals surface area (Å²) in [5, 5.41) is 16.1. The molecule has 0 unspecified atom stereocenters. The van der Waals surface area contributed by atoms with Gasteiger partial charge in [-0.3, -0.25) is 9.69 Å². The van der Waals surface area contributed by atoms with Gasteiger partial charge in [0.1, 0.15) is 11.8 Å². The first-order valence-electron chi connectivity index (χ1n) is 13.3. The minimum atomic E-state index is -0.503. The molecule has 1 atom stereocenters. The van der Waals surface area contributed by atoms with E-state index in [1.165, 1.54) is 4.88 Å². The number of thiophene rings is 1. The average molecular weight is 543 g/mol. The number of aromatic amines is 1. The number of benzene rings is 2. The second kappa shape index (κ2) is 11.5. The van der Waals surface area contributed by atoms with Gasteiger partial charge in [0.15, 0.2) is 5.82 Å². The van der Waals surface area contributed by atoms with E-state index in [4.69, 9.17) is 4.74 Å². The number of hydrogen-bond acceptors (Lipinski definition) is 7. The van der Waals surface area contributed by atoms with Crippen LogP contribution in [0.1, 0.15) is 62.0 Å². The molecule has 0 aliphatic rings. The Labute approximate surface area is 232 Å². The zero-order valence-electron chi connectivity index (χ0n) is 22.8. The molecule has 0 fully saturated rings. The van der Waals surface area contributed by atoms with Crippen LogP contribution in [0.2, 0.25) is 0 Å². The van der Waals surface area contributed by atoms with Crippen LogP contribution in [0.3, 0.4) is 0 Å². The molecule has 0 amide bonds. The normalized spacial score (nSPS) is 12.7. The number of aromatic nitrogens is 5. The van der Waals surface area contributed by atoms with E-state index < -0.39 is 6.04 Å².